The minimum Gasteiger partial charge on any atom is -0.506 e. The summed E-state index contributed by atoms with van der Waals surface area (Å²) in [6, 6.07) is 9.12. The van der Waals surface area contributed by atoms with Gasteiger partial charge in [0.05, 0.1) is 5.69 Å². The summed E-state index contributed by atoms with van der Waals surface area (Å²) in [5.41, 5.74) is 0.146. The zero-order valence-electron chi connectivity index (χ0n) is 10.6. The van der Waals surface area contributed by atoms with Crippen molar-refractivity contribution in [2.75, 3.05) is 10.6 Å². The van der Waals surface area contributed by atoms with Gasteiger partial charge in [-0.3, -0.25) is 9.59 Å². The number of amides is 2. The third kappa shape index (κ3) is 3.93. The molecule has 0 fully saturated rings. The Balaban J connectivity index is 2.06. The summed E-state index contributed by atoms with van der Waals surface area (Å²) in [5, 5.41) is 14.3. The first-order valence-corrected chi connectivity index (χ1v) is 6.20. The number of halogens is 2. The maximum atomic E-state index is 13.0. The maximum Gasteiger partial charge on any atom is 0.314 e. The molecule has 2 rings (SSSR count). The van der Waals surface area contributed by atoms with Gasteiger partial charge in [-0.15, -0.1) is 0 Å². The van der Waals surface area contributed by atoms with Crippen molar-refractivity contribution < 1.29 is 19.1 Å². The first kappa shape index (κ1) is 14.8. The predicted molar refractivity (Wildman–Crippen MR) is 76.8 cm³/mol. The second-order valence-corrected chi connectivity index (χ2v) is 4.52. The van der Waals surface area contributed by atoms with Crippen LogP contribution in [0.15, 0.2) is 42.5 Å². The van der Waals surface area contributed by atoms with Crippen molar-refractivity contribution in [3.8, 4) is 5.75 Å². The average molecular weight is 309 g/mol. The molecule has 0 aliphatic heterocycles. The Kier molecular flexibility index (Phi) is 4.39. The third-order valence-corrected chi connectivity index (χ3v) is 2.73. The van der Waals surface area contributed by atoms with Crippen LogP contribution < -0.4 is 10.6 Å². The van der Waals surface area contributed by atoms with E-state index in [1.807, 2.05) is 0 Å². The number of carbonyl (C=O) groups excluding carboxylic acids is 2. The number of hydrogen-bond acceptors (Lipinski definition) is 3. The molecule has 0 aliphatic rings. The van der Waals surface area contributed by atoms with Gasteiger partial charge < -0.3 is 15.7 Å². The van der Waals surface area contributed by atoms with E-state index in [0.717, 1.165) is 6.07 Å². The molecule has 0 saturated carbocycles. The Bertz CT molecular complexity index is 706. The molecular formula is C14H10ClFN2O3. The van der Waals surface area contributed by atoms with Crippen molar-refractivity contribution in [2.24, 2.45) is 0 Å². The van der Waals surface area contributed by atoms with E-state index in [1.54, 1.807) is 0 Å². The van der Waals surface area contributed by atoms with Gasteiger partial charge in [0.25, 0.3) is 0 Å². The quantitative estimate of drug-likeness (QED) is 0.589. The second-order valence-electron chi connectivity index (χ2n) is 4.08. The third-order valence-electron chi connectivity index (χ3n) is 2.50. The highest BCUT2D eigenvalue weighted by molar-refractivity contribution is 6.44. The molecule has 0 radical (unpaired) electrons. The van der Waals surface area contributed by atoms with Gasteiger partial charge in [0, 0.05) is 10.7 Å². The molecule has 0 atom stereocenters. The fourth-order valence-electron chi connectivity index (χ4n) is 1.54. The van der Waals surface area contributed by atoms with Crippen LogP contribution in [0, 0.1) is 5.82 Å². The lowest BCUT2D eigenvalue weighted by molar-refractivity contribution is -0.133. The van der Waals surface area contributed by atoms with Crippen molar-refractivity contribution in [1.29, 1.82) is 0 Å². The number of phenolic OH excluding ortho intramolecular Hbond substituents is 1. The van der Waals surface area contributed by atoms with Crippen molar-refractivity contribution >= 4 is 34.8 Å². The first-order valence-electron chi connectivity index (χ1n) is 5.82. The highest BCUT2D eigenvalue weighted by Gasteiger charge is 2.16. The molecule has 0 heterocycles. The summed E-state index contributed by atoms with van der Waals surface area (Å²) in [7, 11) is 0. The van der Waals surface area contributed by atoms with E-state index in [0.29, 0.717) is 0 Å². The lowest BCUT2D eigenvalue weighted by Gasteiger charge is -2.08. The Morgan fingerprint density at radius 2 is 1.76 bits per heavy atom. The van der Waals surface area contributed by atoms with Crippen LogP contribution in [0.5, 0.6) is 5.75 Å². The van der Waals surface area contributed by atoms with Gasteiger partial charge in [-0.05, 0) is 36.4 Å². The standard InChI is InChI=1S/C14H10ClFN2O3/c15-8-4-5-12(19)11(6-8)18-14(21)13(20)17-10-3-1-2-9(16)7-10/h1-7,19H,(H,17,20)(H,18,21). The fourth-order valence-corrected chi connectivity index (χ4v) is 1.71. The number of aromatic hydroxyl groups is 1. The van der Waals surface area contributed by atoms with Crippen molar-refractivity contribution in [1.82, 2.24) is 0 Å². The molecular weight excluding hydrogens is 299 g/mol. The maximum absolute atomic E-state index is 13.0. The Morgan fingerprint density at radius 3 is 2.48 bits per heavy atom. The number of carbonyl (C=O) groups is 2. The minimum atomic E-state index is -1.02. The van der Waals surface area contributed by atoms with Crippen LogP contribution in [-0.4, -0.2) is 16.9 Å². The summed E-state index contributed by atoms with van der Waals surface area (Å²) in [6.07, 6.45) is 0. The van der Waals surface area contributed by atoms with Crippen LogP contribution in [0.4, 0.5) is 15.8 Å². The largest absolute Gasteiger partial charge is 0.506 e. The lowest BCUT2D eigenvalue weighted by Crippen LogP contribution is -2.29. The molecule has 0 aromatic heterocycles. The summed E-state index contributed by atoms with van der Waals surface area (Å²) in [4.78, 5) is 23.4. The monoisotopic (exact) mass is 308 g/mol. The number of benzene rings is 2. The van der Waals surface area contributed by atoms with Crippen molar-refractivity contribution in [2.45, 2.75) is 0 Å². The first-order chi connectivity index (χ1) is 9.95. The summed E-state index contributed by atoms with van der Waals surface area (Å²) < 4.78 is 13.0. The van der Waals surface area contributed by atoms with Gasteiger partial charge in [0.1, 0.15) is 11.6 Å². The van der Waals surface area contributed by atoms with Crippen molar-refractivity contribution in [3.63, 3.8) is 0 Å². The van der Waals surface area contributed by atoms with Gasteiger partial charge in [-0.1, -0.05) is 17.7 Å². The second kappa shape index (κ2) is 6.23. The zero-order chi connectivity index (χ0) is 15.4. The number of phenols is 1. The average Bonchev–Trinajstić information content (AvgIpc) is 2.43. The van der Waals surface area contributed by atoms with Crippen LogP contribution in [0.25, 0.3) is 0 Å². The Labute approximate surface area is 124 Å². The molecule has 21 heavy (non-hydrogen) atoms. The lowest BCUT2D eigenvalue weighted by atomic mass is 10.3. The van der Waals surface area contributed by atoms with E-state index in [4.69, 9.17) is 11.6 Å². The SMILES string of the molecule is O=C(Nc1cccc(F)c1)C(=O)Nc1cc(Cl)ccc1O. The zero-order valence-corrected chi connectivity index (χ0v) is 11.3. The van der Waals surface area contributed by atoms with Crippen LogP contribution in [-0.2, 0) is 9.59 Å². The summed E-state index contributed by atoms with van der Waals surface area (Å²) in [5.74, 6) is -2.79. The molecule has 2 aromatic rings. The highest BCUT2D eigenvalue weighted by Crippen LogP contribution is 2.26. The highest BCUT2D eigenvalue weighted by atomic mass is 35.5. The van der Waals surface area contributed by atoms with Gasteiger partial charge in [0.15, 0.2) is 0 Å². The topological polar surface area (TPSA) is 78.4 Å². The summed E-state index contributed by atoms with van der Waals surface area (Å²) >= 11 is 5.72. The molecule has 0 aliphatic carbocycles. The fraction of sp³-hybridized carbons (Fsp3) is 0. The van der Waals surface area contributed by atoms with E-state index in [1.165, 1.54) is 36.4 Å². The van der Waals surface area contributed by atoms with Crippen LogP contribution in [0.3, 0.4) is 0 Å². The number of anilines is 2. The Hall–Kier alpha value is -2.60. The predicted octanol–water partition coefficient (Wildman–Crippen LogP) is 2.76. The minimum absolute atomic E-state index is 0.00175. The van der Waals surface area contributed by atoms with E-state index in [2.05, 4.69) is 10.6 Å². The normalized spacial score (nSPS) is 10.0. The van der Waals surface area contributed by atoms with E-state index in [-0.39, 0.29) is 22.1 Å². The molecule has 3 N–H and O–H groups in total. The molecule has 2 amide bonds. The van der Waals surface area contributed by atoms with E-state index < -0.39 is 17.6 Å². The number of nitrogens with one attached hydrogen (secondary N) is 2. The van der Waals surface area contributed by atoms with Crippen LogP contribution >= 0.6 is 11.6 Å². The van der Waals surface area contributed by atoms with Crippen LogP contribution in [0.1, 0.15) is 0 Å². The van der Waals surface area contributed by atoms with E-state index >= 15 is 0 Å². The summed E-state index contributed by atoms with van der Waals surface area (Å²) in [6.45, 7) is 0. The molecule has 7 heteroatoms. The number of rotatable bonds is 2. The molecule has 0 saturated heterocycles. The molecule has 0 unspecified atom stereocenters. The molecule has 108 valence electrons. The Morgan fingerprint density at radius 1 is 1.05 bits per heavy atom. The van der Waals surface area contributed by atoms with Crippen molar-refractivity contribution in [3.05, 3.63) is 53.3 Å². The van der Waals surface area contributed by atoms with Gasteiger partial charge in [-0.25, -0.2) is 4.39 Å². The smallest absolute Gasteiger partial charge is 0.314 e. The van der Waals surface area contributed by atoms with Gasteiger partial charge >= 0.3 is 11.8 Å². The number of hydrogen-bond donors (Lipinski definition) is 3. The van der Waals surface area contributed by atoms with Crippen LogP contribution in [0.2, 0.25) is 5.02 Å². The van der Waals surface area contributed by atoms with Gasteiger partial charge in [0.2, 0.25) is 0 Å². The molecule has 5 nitrogen and oxygen atoms in total. The van der Waals surface area contributed by atoms with E-state index in [9.17, 15) is 19.1 Å². The molecule has 0 spiro atoms. The van der Waals surface area contributed by atoms with Gasteiger partial charge in [-0.2, -0.15) is 0 Å². The molecule has 0 bridgehead atoms. The molecule has 2 aromatic carbocycles.